The number of carbonyl (C=O) groups excluding carboxylic acids is 2. The van der Waals surface area contributed by atoms with Crippen LogP contribution in [0, 0.1) is 0 Å². The molecule has 2 amide bonds. The Morgan fingerprint density at radius 1 is 1.03 bits per heavy atom. The summed E-state index contributed by atoms with van der Waals surface area (Å²) >= 11 is 0. The number of aromatic nitrogens is 2. The van der Waals surface area contributed by atoms with Crippen LogP contribution in [-0.4, -0.2) is 21.4 Å². The zero-order valence-electron chi connectivity index (χ0n) is 16.2. The van der Waals surface area contributed by atoms with Gasteiger partial charge in [0.1, 0.15) is 11.8 Å². The number of carbonyl (C=O) groups is 2. The highest BCUT2D eigenvalue weighted by Gasteiger charge is 2.41. The minimum absolute atomic E-state index is 0.0493. The Balaban J connectivity index is 1.42. The normalized spacial score (nSPS) is 15.5. The summed E-state index contributed by atoms with van der Waals surface area (Å²) in [6, 6.07) is 20.3. The lowest BCUT2D eigenvalue weighted by molar-refractivity contribution is -0.127. The number of benzene rings is 2. The van der Waals surface area contributed by atoms with Crippen molar-refractivity contribution in [1.29, 1.82) is 0 Å². The van der Waals surface area contributed by atoms with Gasteiger partial charge < -0.3 is 9.73 Å². The number of nitrogens with one attached hydrogen (secondary N) is 1. The molecule has 1 aliphatic heterocycles. The molecule has 0 fully saturated rings. The third kappa shape index (κ3) is 3.24. The van der Waals surface area contributed by atoms with E-state index in [1.807, 2.05) is 65.2 Å². The number of rotatable bonds is 6. The van der Waals surface area contributed by atoms with Crippen LogP contribution in [0.3, 0.4) is 0 Å². The number of hydrogen-bond donors (Lipinski definition) is 1. The molecule has 7 heteroatoms. The van der Waals surface area contributed by atoms with Gasteiger partial charge in [-0.05, 0) is 29.8 Å². The summed E-state index contributed by atoms with van der Waals surface area (Å²) in [6.45, 7) is 0.700. The predicted octanol–water partition coefficient (Wildman–Crippen LogP) is 3.42. The molecule has 7 nitrogen and oxygen atoms in total. The maximum atomic E-state index is 13.2. The van der Waals surface area contributed by atoms with E-state index in [1.54, 1.807) is 17.2 Å². The van der Waals surface area contributed by atoms with Gasteiger partial charge in [0.25, 0.3) is 5.91 Å². The van der Waals surface area contributed by atoms with E-state index in [-0.39, 0.29) is 24.8 Å². The number of amides is 2. The summed E-state index contributed by atoms with van der Waals surface area (Å²) in [7, 11) is 0. The molecule has 1 aliphatic rings. The second kappa shape index (κ2) is 7.51. The van der Waals surface area contributed by atoms with Crippen LogP contribution in [0.2, 0.25) is 0 Å². The molecule has 0 saturated carbocycles. The molecule has 1 atom stereocenters. The fourth-order valence-electron chi connectivity index (χ4n) is 3.85. The molecule has 2 aromatic carbocycles. The Hall–Kier alpha value is -3.87. The minimum Gasteiger partial charge on any atom is -0.467 e. The molecule has 5 rings (SSSR count). The van der Waals surface area contributed by atoms with E-state index in [2.05, 4.69) is 10.3 Å². The number of para-hydroxylation sites is 2. The van der Waals surface area contributed by atoms with E-state index in [0.717, 1.165) is 16.6 Å². The molecular formula is C23H20N4O3. The lowest BCUT2D eigenvalue weighted by Crippen LogP contribution is -2.32. The van der Waals surface area contributed by atoms with E-state index >= 15 is 0 Å². The highest BCUT2D eigenvalue weighted by Crippen LogP contribution is 2.37. The number of nitrogens with zero attached hydrogens (tertiary/aromatic N) is 3. The molecule has 30 heavy (non-hydrogen) atoms. The maximum Gasteiger partial charge on any atom is 0.253 e. The molecule has 2 aromatic heterocycles. The molecule has 0 radical (unpaired) electrons. The number of hydrogen-bond acceptors (Lipinski definition) is 4. The Bertz CT molecular complexity index is 1200. The smallest absolute Gasteiger partial charge is 0.253 e. The quantitative estimate of drug-likeness (QED) is 0.538. The third-order valence-corrected chi connectivity index (χ3v) is 5.29. The van der Waals surface area contributed by atoms with Crippen molar-refractivity contribution >= 4 is 28.8 Å². The van der Waals surface area contributed by atoms with E-state index in [0.29, 0.717) is 18.3 Å². The minimum atomic E-state index is -0.641. The molecule has 0 unspecified atom stereocenters. The van der Waals surface area contributed by atoms with Gasteiger partial charge in [-0.3, -0.25) is 19.1 Å². The van der Waals surface area contributed by atoms with Crippen molar-refractivity contribution in [2.45, 2.75) is 25.6 Å². The number of furan rings is 1. The van der Waals surface area contributed by atoms with Crippen molar-refractivity contribution < 1.29 is 14.0 Å². The van der Waals surface area contributed by atoms with Gasteiger partial charge >= 0.3 is 0 Å². The monoisotopic (exact) mass is 400 g/mol. The molecule has 0 saturated heterocycles. The van der Waals surface area contributed by atoms with Crippen LogP contribution in [0.5, 0.6) is 0 Å². The third-order valence-electron chi connectivity index (χ3n) is 5.29. The molecular weight excluding hydrogens is 380 g/mol. The Labute approximate surface area is 172 Å². The van der Waals surface area contributed by atoms with Gasteiger partial charge in [-0.2, -0.15) is 0 Å². The van der Waals surface area contributed by atoms with Gasteiger partial charge in [-0.1, -0.05) is 42.5 Å². The summed E-state index contributed by atoms with van der Waals surface area (Å²) in [5.74, 6) is 0.866. The van der Waals surface area contributed by atoms with Gasteiger partial charge in [0, 0.05) is 6.54 Å². The molecule has 0 bridgehead atoms. The standard InChI is InChI=1S/C23H20N4O3/c28-21(24-14-16-7-2-1-3-8-16)13-20-22(29)26(15-17-9-6-12-30-17)23-25-18-10-4-5-11-19(18)27(20)23/h1-12,20H,13-15H2,(H,24,28)/t20-/m1/s1. The first-order valence-corrected chi connectivity index (χ1v) is 9.82. The largest absolute Gasteiger partial charge is 0.467 e. The highest BCUT2D eigenvalue weighted by molar-refractivity contribution is 6.03. The van der Waals surface area contributed by atoms with Crippen LogP contribution in [0.25, 0.3) is 11.0 Å². The van der Waals surface area contributed by atoms with Gasteiger partial charge in [-0.25, -0.2) is 4.98 Å². The summed E-state index contributed by atoms with van der Waals surface area (Å²) in [5.41, 5.74) is 2.64. The van der Waals surface area contributed by atoms with Crippen molar-refractivity contribution in [2.24, 2.45) is 0 Å². The van der Waals surface area contributed by atoms with E-state index < -0.39 is 6.04 Å². The van der Waals surface area contributed by atoms with Crippen LogP contribution in [0.4, 0.5) is 5.95 Å². The lowest BCUT2D eigenvalue weighted by Gasteiger charge is -2.15. The summed E-state index contributed by atoms with van der Waals surface area (Å²) in [4.78, 5) is 32.2. The van der Waals surface area contributed by atoms with Gasteiger partial charge in [0.15, 0.2) is 0 Å². The van der Waals surface area contributed by atoms with Crippen molar-refractivity contribution in [3.05, 3.63) is 84.3 Å². The molecule has 3 heterocycles. The molecule has 150 valence electrons. The SMILES string of the molecule is O=C(C[C@@H]1C(=O)N(Cc2ccco2)c2nc3ccccc3n21)NCc1ccccc1. The van der Waals surface area contributed by atoms with Gasteiger partial charge in [0.2, 0.25) is 11.9 Å². The van der Waals surface area contributed by atoms with Crippen molar-refractivity contribution in [3.63, 3.8) is 0 Å². The molecule has 1 N–H and O–H groups in total. The Kier molecular flexibility index (Phi) is 4.55. The van der Waals surface area contributed by atoms with Crippen molar-refractivity contribution in [3.8, 4) is 0 Å². The van der Waals surface area contributed by atoms with Crippen LogP contribution >= 0.6 is 0 Å². The fourth-order valence-corrected chi connectivity index (χ4v) is 3.85. The van der Waals surface area contributed by atoms with Crippen LogP contribution < -0.4 is 10.2 Å². The lowest BCUT2D eigenvalue weighted by atomic mass is 10.1. The Morgan fingerprint density at radius 2 is 1.83 bits per heavy atom. The van der Waals surface area contributed by atoms with Crippen LogP contribution in [0.15, 0.2) is 77.4 Å². The Morgan fingerprint density at radius 3 is 2.63 bits per heavy atom. The second-order valence-electron chi connectivity index (χ2n) is 7.26. The molecule has 4 aromatic rings. The average molecular weight is 400 g/mol. The van der Waals surface area contributed by atoms with Gasteiger partial charge in [-0.15, -0.1) is 0 Å². The zero-order valence-corrected chi connectivity index (χ0v) is 16.2. The summed E-state index contributed by atoms with van der Waals surface area (Å²) in [5, 5.41) is 2.92. The molecule has 0 aliphatic carbocycles. The first-order valence-electron chi connectivity index (χ1n) is 9.82. The highest BCUT2D eigenvalue weighted by atomic mass is 16.3. The van der Waals surface area contributed by atoms with E-state index in [9.17, 15) is 9.59 Å². The van der Waals surface area contributed by atoms with Gasteiger partial charge in [0.05, 0.1) is 30.3 Å². The number of imidazole rings is 1. The predicted molar refractivity (Wildman–Crippen MR) is 112 cm³/mol. The first kappa shape index (κ1) is 18.2. The second-order valence-corrected chi connectivity index (χ2v) is 7.26. The fraction of sp³-hybridized carbons (Fsp3) is 0.174. The van der Waals surface area contributed by atoms with Crippen LogP contribution in [-0.2, 0) is 22.7 Å². The molecule has 0 spiro atoms. The van der Waals surface area contributed by atoms with E-state index in [1.165, 1.54) is 0 Å². The summed E-state index contributed by atoms with van der Waals surface area (Å²) < 4.78 is 7.29. The summed E-state index contributed by atoms with van der Waals surface area (Å²) in [6.07, 6.45) is 1.63. The maximum absolute atomic E-state index is 13.2. The number of fused-ring (bicyclic) bond motifs is 3. The topological polar surface area (TPSA) is 80.4 Å². The van der Waals surface area contributed by atoms with Crippen molar-refractivity contribution in [2.75, 3.05) is 4.90 Å². The zero-order chi connectivity index (χ0) is 20.5. The average Bonchev–Trinajstić information content (AvgIpc) is 3.47. The first-order chi connectivity index (χ1) is 14.7. The number of anilines is 1. The van der Waals surface area contributed by atoms with Crippen molar-refractivity contribution in [1.82, 2.24) is 14.9 Å². The van der Waals surface area contributed by atoms with E-state index in [4.69, 9.17) is 4.42 Å². The van der Waals surface area contributed by atoms with Crippen LogP contribution in [0.1, 0.15) is 23.8 Å².